The predicted octanol–water partition coefficient (Wildman–Crippen LogP) is 2.91. The molecule has 3 N–H and O–H groups in total. The van der Waals surface area contributed by atoms with Gasteiger partial charge in [-0.3, -0.25) is 11.3 Å². The Morgan fingerprint density at radius 2 is 2.19 bits per heavy atom. The molecule has 0 aliphatic carbocycles. The highest BCUT2D eigenvalue weighted by atomic mass is 79.9. The van der Waals surface area contributed by atoms with E-state index in [9.17, 15) is 0 Å². The van der Waals surface area contributed by atoms with Crippen molar-refractivity contribution in [2.75, 3.05) is 0 Å². The maximum Gasteiger partial charge on any atom is 0.0736 e. The molecule has 1 atom stereocenters. The zero-order valence-corrected chi connectivity index (χ0v) is 10.7. The van der Waals surface area contributed by atoms with E-state index < -0.39 is 0 Å². The molecule has 0 bridgehead atoms. The minimum Gasteiger partial charge on any atom is -0.271 e. The summed E-state index contributed by atoms with van der Waals surface area (Å²) < 4.78 is 0.996. The first-order chi connectivity index (χ1) is 7.76. The molecule has 2 rings (SSSR count). The van der Waals surface area contributed by atoms with Crippen LogP contribution in [0.15, 0.2) is 34.8 Å². The van der Waals surface area contributed by atoms with Crippen LogP contribution in [0.3, 0.4) is 0 Å². The molecular weight excluding hydrogens is 266 g/mol. The van der Waals surface area contributed by atoms with Gasteiger partial charge in [-0.25, -0.2) is 4.98 Å². The Kier molecular flexibility index (Phi) is 3.53. The van der Waals surface area contributed by atoms with Crippen LogP contribution in [0.4, 0.5) is 0 Å². The van der Waals surface area contributed by atoms with Crippen molar-refractivity contribution in [3.63, 3.8) is 0 Å². The van der Waals surface area contributed by atoms with Gasteiger partial charge in [-0.05, 0) is 34.5 Å². The molecule has 16 heavy (non-hydrogen) atoms. The molecule has 1 unspecified atom stereocenters. The van der Waals surface area contributed by atoms with Crippen molar-refractivity contribution in [2.45, 2.75) is 19.4 Å². The number of aromatic nitrogens is 1. The SMILES string of the molecule is CCC(NN)c1nc2ccccc2cc1Br. The van der Waals surface area contributed by atoms with Crippen LogP contribution in [-0.4, -0.2) is 4.98 Å². The number of nitrogens with zero attached hydrogens (tertiary/aromatic N) is 1. The highest BCUT2D eigenvalue weighted by Gasteiger charge is 2.13. The van der Waals surface area contributed by atoms with Crippen LogP contribution in [0.2, 0.25) is 0 Å². The highest BCUT2D eigenvalue weighted by Crippen LogP contribution is 2.26. The Balaban J connectivity index is 2.57. The number of hydrogen-bond donors (Lipinski definition) is 2. The number of nitrogens with two attached hydrogens (primary N) is 1. The fraction of sp³-hybridized carbons (Fsp3) is 0.250. The number of fused-ring (bicyclic) bond motifs is 1. The van der Waals surface area contributed by atoms with Crippen LogP contribution in [0, 0.1) is 0 Å². The number of hydrogen-bond acceptors (Lipinski definition) is 3. The fourth-order valence-electron chi connectivity index (χ4n) is 1.74. The van der Waals surface area contributed by atoms with Gasteiger partial charge in [0.1, 0.15) is 0 Å². The van der Waals surface area contributed by atoms with Gasteiger partial charge in [0.25, 0.3) is 0 Å². The lowest BCUT2D eigenvalue weighted by Gasteiger charge is -2.15. The van der Waals surface area contributed by atoms with Crippen LogP contribution in [0.1, 0.15) is 25.1 Å². The van der Waals surface area contributed by atoms with Crippen molar-refractivity contribution in [1.82, 2.24) is 10.4 Å². The summed E-state index contributed by atoms with van der Waals surface area (Å²) in [5.41, 5.74) is 4.74. The van der Waals surface area contributed by atoms with E-state index in [1.54, 1.807) is 0 Å². The van der Waals surface area contributed by atoms with E-state index in [0.717, 1.165) is 27.5 Å². The Hall–Kier alpha value is -0.970. The maximum absolute atomic E-state index is 5.52. The van der Waals surface area contributed by atoms with Gasteiger partial charge < -0.3 is 0 Å². The number of rotatable bonds is 3. The number of nitrogens with one attached hydrogen (secondary N) is 1. The fourth-order valence-corrected chi connectivity index (χ4v) is 2.35. The van der Waals surface area contributed by atoms with Crippen molar-refractivity contribution in [3.05, 3.63) is 40.5 Å². The minimum atomic E-state index is 0.0824. The lowest BCUT2D eigenvalue weighted by Crippen LogP contribution is -2.28. The van der Waals surface area contributed by atoms with Crippen LogP contribution in [0.25, 0.3) is 10.9 Å². The summed E-state index contributed by atoms with van der Waals surface area (Å²) in [6.45, 7) is 2.08. The molecule has 0 aliphatic rings. The zero-order valence-electron chi connectivity index (χ0n) is 9.07. The number of para-hydroxylation sites is 1. The smallest absolute Gasteiger partial charge is 0.0736 e. The summed E-state index contributed by atoms with van der Waals surface area (Å²) in [5, 5.41) is 1.13. The number of halogens is 1. The van der Waals surface area contributed by atoms with Gasteiger partial charge in [-0.2, -0.15) is 0 Å². The highest BCUT2D eigenvalue weighted by molar-refractivity contribution is 9.10. The molecule has 1 heterocycles. The summed E-state index contributed by atoms with van der Waals surface area (Å²) >= 11 is 3.54. The Morgan fingerprint density at radius 1 is 1.44 bits per heavy atom. The second-order valence-corrected chi connectivity index (χ2v) is 4.53. The number of hydrazine groups is 1. The normalized spacial score (nSPS) is 12.9. The molecule has 1 aromatic heterocycles. The first-order valence-electron chi connectivity index (χ1n) is 5.27. The monoisotopic (exact) mass is 279 g/mol. The van der Waals surface area contributed by atoms with E-state index in [4.69, 9.17) is 5.84 Å². The summed E-state index contributed by atoms with van der Waals surface area (Å²) in [4.78, 5) is 4.63. The van der Waals surface area contributed by atoms with Crippen molar-refractivity contribution < 1.29 is 0 Å². The molecular formula is C12H14BrN3. The molecule has 84 valence electrons. The average Bonchev–Trinajstić information content (AvgIpc) is 2.31. The third-order valence-electron chi connectivity index (χ3n) is 2.64. The van der Waals surface area contributed by atoms with E-state index in [0.29, 0.717) is 0 Å². The van der Waals surface area contributed by atoms with E-state index in [1.165, 1.54) is 0 Å². The van der Waals surface area contributed by atoms with Gasteiger partial charge in [0.05, 0.1) is 17.3 Å². The molecule has 3 nitrogen and oxygen atoms in total. The standard InChI is InChI=1S/C12H14BrN3/c1-2-10(16-14)12-9(13)7-8-5-3-4-6-11(8)15-12/h3-7,10,16H,2,14H2,1H3. The quantitative estimate of drug-likeness (QED) is 0.671. The number of pyridine rings is 1. The Morgan fingerprint density at radius 3 is 2.88 bits per heavy atom. The first-order valence-corrected chi connectivity index (χ1v) is 6.07. The molecule has 0 saturated carbocycles. The molecule has 0 spiro atoms. The van der Waals surface area contributed by atoms with Gasteiger partial charge in [-0.15, -0.1) is 0 Å². The van der Waals surface area contributed by atoms with Crippen LogP contribution >= 0.6 is 15.9 Å². The van der Waals surface area contributed by atoms with Gasteiger partial charge in [0.2, 0.25) is 0 Å². The summed E-state index contributed by atoms with van der Waals surface area (Å²) in [6.07, 6.45) is 0.903. The maximum atomic E-state index is 5.52. The number of benzene rings is 1. The topological polar surface area (TPSA) is 50.9 Å². The summed E-state index contributed by atoms with van der Waals surface area (Å²) in [6, 6.07) is 10.2. The van der Waals surface area contributed by atoms with Crippen LogP contribution in [0.5, 0.6) is 0 Å². The Bertz CT molecular complexity index is 495. The van der Waals surface area contributed by atoms with Crippen molar-refractivity contribution >= 4 is 26.8 Å². The second kappa shape index (κ2) is 4.91. The zero-order chi connectivity index (χ0) is 11.5. The van der Waals surface area contributed by atoms with E-state index in [2.05, 4.69) is 39.3 Å². The van der Waals surface area contributed by atoms with Crippen LogP contribution < -0.4 is 11.3 Å². The van der Waals surface area contributed by atoms with Crippen molar-refractivity contribution in [2.24, 2.45) is 5.84 Å². The molecule has 1 aromatic carbocycles. The third-order valence-corrected chi connectivity index (χ3v) is 3.28. The molecule has 0 aliphatic heterocycles. The van der Waals surface area contributed by atoms with Gasteiger partial charge in [0, 0.05) is 9.86 Å². The Labute approximate surface area is 103 Å². The predicted molar refractivity (Wildman–Crippen MR) is 69.8 cm³/mol. The first kappa shape index (κ1) is 11.5. The van der Waals surface area contributed by atoms with E-state index >= 15 is 0 Å². The lowest BCUT2D eigenvalue weighted by molar-refractivity contribution is 0.525. The summed E-state index contributed by atoms with van der Waals surface area (Å²) in [5.74, 6) is 5.52. The van der Waals surface area contributed by atoms with Crippen LogP contribution in [-0.2, 0) is 0 Å². The second-order valence-electron chi connectivity index (χ2n) is 3.68. The average molecular weight is 280 g/mol. The van der Waals surface area contributed by atoms with E-state index in [-0.39, 0.29) is 6.04 Å². The molecule has 0 fully saturated rings. The molecule has 0 saturated heterocycles. The van der Waals surface area contributed by atoms with Gasteiger partial charge in [-0.1, -0.05) is 25.1 Å². The van der Waals surface area contributed by atoms with Crippen molar-refractivity contribution in [1.29, 1.82) is 0 Å². The largest absolute Gasteiger partial charge is 0.271 e. The summed E-state index contributed by atoms with van der Waals surface area (Å²) in [7, 11) is 0. The molecule has 0 radical (unpaired) electrons. The molecule has 2 aromatic rings. The third kappa shape index (κ3) is 2.09. The molecule has 4 heteroatoms. The van der Waals surface area contributed by atoms with Gasteiger partial charge >= 0.3 is 0 Å². The van der Waals surface area contributed by atoms with Gasteiger partial charge in [0.15, 0.2) is 0 Å². The molecule has 0 amide bonds. The van der Waals surface area contributed by atoms with Crippen molar-refractivity contribution in [3.8, 4) is 0 Å². The lowest BCUT2D eigenvalue weighted by atomic mass is 10.1. The minimum absolute atomic E-state index is 0.0824. The van der Waals surface area contributed by atoms with E-state index in [1.807, 2.05) is 24.3 Å².